The van der Waals surface area contributed by atoms with E-state index in [1.807, 2.05) is 20.8 Å². The summed E-state index contributed by atoms with van der Waals surface area (Å²) in [6, 6.07) is 5.16. The number of Topliss-reactive ketones (excluding diaryl/α,β-unsaturated/α-hetero) is 1. The number of rotatable bonds is 3. The second-order valence-electron chi connectivity index (χ2n) is 5.14. The summed E-state index contributed by atoms with van der Waals surface area (Å²) in [4.78, 5) is 12.6. The van der Waals surface area contributed by atoms with Gasteiger partial charge in [0.05, 0.1) is 30.3 Å². The van der Waals surface area contributed by atoms with Gasteiger partial charge < -0.3 is 9.47 Å². The first-order valence-corrected chi connectivity index (χ1v) is 6.86. The lowest BCUT2D eigenvalue weighted by Gasteiger charge is -2.18. The van der Waals surface area contributed by atoms with Gasteiger partial charge in [0, 0.05) is 5.56 Å². The third-order valence-corrected chi connectivity index (χ3v) is 4.30. The monoisotopic (exact) mass is 282 g/mol. The van der Waals surface area contributed by atoms with Gasteiger partial charge in [0.15, 0.2) is 5.78 Å². The maximum Gasteiger partial charge on any atom is 0.170 e. The average molecular weight is 283 g/mol. The molecule has 0 bridgehead atoms. The molecule has 2 rings (SSSR count). The summed E-state index contributed by atoms with van der Waals surface area (Å²) < 4.78 is 10.8. The van der Waals surface area contributed by atoms with Crippen molar-refractivity contribution in [3.05, 3.63) is 28.8 Å². The van der Waals surface area contributed by atoms with E-state index in [0.29, 0.717) is 16.3 Å². The number of methoxy groups -OCH3 is 1. The Morgan fingerprint density at radius 3 is 2.42 bits per heavy atom. The van der Waals surface area contributed by atoms with E-state index < -0.39 is 0 Å². The Morgan fingerprint density at radius 1 is 1.26 bits per heavy atom. The van der Waals surface area contributed by atoms with E-state index in [9.17, 15) is 4.79 Å². The molecular formula is C15H19ClO3. The zero-order valence-corrected chi connectivity index (χ0v) is 12.4. The van der Waals surface area contributed by atoms with Gasteiger partial charge in [-0.2, -0.15) is 0 Å². The molecule has 1 aliphatic heterocycles. The predicted octanol–water partition coefficient (Wildman–Crippen LogP) is 3.59. The molecule has 0 radical (unpaired) electrons. The zero-order chi connectivity index (χ0) is 14.2. The van der Waals surface area contributed by atoms with Crippen LogP contribution in [0.5, 0.6) is 5.75 Å². The fourth-order valence-corrected chi connectivity index (χ4v) is 2.98. The van der Waals surface area contributed by atoms with Crippen molar-refractivity contribution in [2.45, 2.75) is 33.0 Å². The minimum Gasteiger partial charge on any atom is -0.497 e. The van der Waals surface area contributed by atoms with Crippen LogP contribution in [0.4, 0.5) is 0 Å². The second-order valence-corrected chi connectivity index (χ2v) is 5.55. The fourth-order valence-electron chi connectivity index (χ4n) is 2.72. The third kappa shape index (κ3) is 2.63. The number of carbonyl (C=O) groups is 1. The molecule has 1 aromatic carbocycles. The molecular weight excluding hydrogens is 264 g/mol. The number of ether oxygens (including phenoxy) is 2. The van der Waals surface area contributed by atoms with Crippen LogP contribution >= 0.6 is 11.6 Å². The molecule has 0 N–H and O–H groups in total. The van der Waals surface area contributed by atoms with Crippen molar-refractivity contribution in [1.82, 2.24) is 0 Å². The molecule has 0 saturated carbocycles. The molecule has 0 aromatic heterocycles. The molecule has 1 saturated heterocycles. The molecule has 1 heterocycles. The lowest BCUT2D eigenvalue weighted by molar-refractivity contribution is 0.0491. The van der Waals surface area contributed by atoms with Crippen molar-refractivity contribution in [3.63, 3.8) is 0 Å². The number of benzene rings is 1. The summed E-state index contributed by atoms with van der Waals surface area (Å²) in [6.07, 6.45) is 0.0247. The van der Waals surface area contributed by atoms with Gasteiger partial charge in [-0.3, -0.25) is 4.79 Å². The van der Waals surface area contributed by atoms with Crippen molar-refractivity contribution in [2.75, 3.05) is 7.11 Å². The quantitative estimate of drug-likeness (QED) is 0.795. The Morgan fingerprint density at radius 2 is 1.95 bits per heavy atom. The van der Waals surface area contributed by atoms with Gasteiger partial charge in [0.2, 0.25) is 0 Å². The number of carbonyl (C=O) groups excluding carboxylic acids is 1. The summed E-state index contributed by atoms with van der Waals surface area (Å²) >= 11 is 6.17. The maximum absolute atomic E-state index is 12.6. The van der Waals surface area contributed by atoms with Gasteiger partial charge in [-0.05, 0) is 38.0 Å². The van der Waals surface area contributed by atoms with E-state index in [0.717, 1.165) is 0 Å². The summed E-state index contributed by atoms with van der Waals surface area (Å²) in [5, 5.41) is 0.434. The second kappa shape index (κ2) is 5.51. The molecule has 0 amide bonds. The van der Waals surface area contributed by atoms with Crippen LogP contribution in [0.1, 0.15) is 31.1 Å². The van der Waals surface area contributed by atoms with E-state index in [-0.39, 0.29) is 29.8 Å². The van der Waals surface area contributed by atoms with Crippen molar-refractivity contribution in [3.8, 4) is 5.75 Å². The number of ketones is 1. The summed E-state index contributed by atoms with van der Waals surface area (Å²) in [5.74, 6) is 0.761. The number of hydrogen-bond acceptors (Lipinski definition) is 3. The molecule has 4 heteroatoms. The lowest BCUT2D eigenvalue weighted by Crippen LogP contribution is -2.27. The van der Waals surface area contributed by atoms with Crippen LogP contribution in [0.15, 0.2) is 18.2 Å². The topological polar surface area (TPSA) is 35.5 Å². The molecule has 1 aliphatic rings. The highest BCUT2D eigenvalue weighted by molar-refractivity contribution is 6.34. The first-order valence-electron chi connectivity index (χ1n) is 6.49. The van der Waals surface area contributed by atoms with Gasteiger partial charge in [0.25, 0.3) is 0 Å². The van der Waals surface area contributed by atoms with Crippen LogP contribution in [0.2, 0.25) is 5.02 Å². The van der Waals surface area contributed by atoms with Gasteiger partial charge in [-0.15, -0.1) is 0 Å². The SMILES string of the molecule is COc1ccc(C(=O)C2C(C)OC(C)C2C)c(Cl)c1. The molecule has 4 unspecified atom stereocenters. The molecule has 3 nitrogen and oxygen atoms in total. The highest BCUT2D eigenvalue weighted by Crippen LogP contribution is 2.36. The largest absolute Gasteiger partial charge is 0.497 e. The fraction of sp³-hybridized carbons (Fsp3) is 0.533. The van der Waals surface area contributed by atoms with Crippen LogP contribution < -0.4 is 4.74 Å². The van der Waals surface area contributed by atoms with E-state index in [4.69, 9.17) is 21.1 Å². The van der Waals surface area contributed by atoms with E-state index >= 15 is 0 Å². The zero-order valence-electron chi connectivity index (χ0n) is 11.6. The Labute approximate surface area is 118 Å². The highest BCUT2D eigenvalue weighted by Gasteiger charge is 2.42. The van der Waals surface area contributed by atoms with E-state index in [1.165, 1.54) is 0 Å². The first kappa shape index (κ1) is 14.4. The summed E-state index contributed by atoms with van der Waals surface area (Å²) in [7, 11) is 1.57. The van der Waals surface area contributed by atoms with Gasteiger partial charge >= 0.3 is 0 Å². The average Bonchev–Trinajstić information content (AvgIpc) is 2.62. The molecule has 1 fully saturated rings. The van der Waals surface area contributed by atoms with Crippen molar-refractivity contribution in [1.29, 1.82) is 0 Å². The van der Waals surface area contributed by atoms with Crippen molar-refractivity contribution < 1.29 is 14.3 Å². The Bertz CT molecular complexity index is 486. The molecule has 19 heavy (non-hydrogen) atoms. The number of hydrogen-bond donors (Lipinski definition) is 0. The molecule has 104 valence electrons. The van der Waals surface area contributed by atoms with Gasteiger partial charge in [0.1, 0.15) is 5.75 Å². The van der Waals surface area contributed by atoms with Crippen LogP contribution in [-0.2, 0) is 4.74 Å². The molecule has 1 aromatic rings. The van der Waals surface area contributed by atoms with Crippen LogP contribution in [-0.4, -0.2) is 25.1 Å². The normalized spacial score (nSPS) is 30.4. The van der Waals surface area contributed by atoms with Crippen molar-refractivity contribution >= 4 is 17.4 Å². The van der Waals surface area contributed by atoms with Crippen LogP contribution in [0, 0.1) is 11.8 Å². The van der Waals surface area contributed by atoms with Gasteiger partial charge in [-0.1, -0.05) is 18.5 Å². The Balaban J connectivity index is 2.29. The molecule has 0 spiro atoms. The lowest BCUT2D eigenvalue weighted by atomic mass is 9.83. The van der Waals surface area contributed by atoms with Gasteiger partial charge in [-0.25, -0.2) is 0 Å². The minimum absolute atomic E-state index is 0.0528. The third-order valence-electron chi connectivity index (χ3n) is 3.99. The smallest absolute Gasteiger partial charge is 0.170 e. The van der Waals surface area contributed by atoms with E-state index in [1.54, 1.807) is 25.3 Å². The Kier molecular flexibility index (Phi) is 4.16. The Hall–Kier alpha value is -1.06. The standard InChI is InChI=1S/C15H19ClO3/c1-8-9(2)19-10(3)14(8)15(17)12-6-5-11(18-4)7-13(12)16/h5-10,14H,1-4H3. The van der Waals surface area contributed by atoms with Crippen LogP contribution in [0.25, 0.3) is 0 Å². The van der Waals surface area contributed by atoms with Crippen molar-refractivity contribution in [2.24, 2.45) is 11.8 Å². The summed E-state index contributed by atoms with van der Waals surface area (Å²) in [6.45, 7) is 6.00. The van der Waals surface area contributed by atoms with E-state index in [2.05, 4.69) is 0 Å². The molecule has 4 atom stereocenters. The van der Waals surface area contributed by atoms with Crippen LogP contribution in [0.3, 0.4) is 0 Å². The predicted molar refractivity (Wildman–Crippen MR) is 75.0 cm³/mol. The minimum atomic E-state index is -0.138. The highest BCUT2D eigenvalue weighted by atomic mass is 35.5. The first-order chi connectivity index (χ1) is 8.95. The molecule has 0 aliphatic carbocycles. The number of halogens is 1. The maximum atomic E-state index is 12.6. The summed E-state index contributed by atoms with van der Waals surface area (Å²) in [5.41, 5.74) is 0.545.